The highest BCUT2D eigenvalue weighted by molar-refractivity contribution is 6.43. The second-order valence-corrected chi connectivity index (χ2v) is 9.47. The lowest BCUT2D eigenvalue weighted by Gasteiger charge is -2.36. The molecule has 5 nitrogen and oxygen atoms in total. The van der Waals surface area contributed by atoms with E-state index in [1.54, 1.807) is 7.11 Å². The average molecular weight is 500 g/mol. The van der Waals surface area contributed by atoms with Crippen molar-refractivity contribution in [3.05, 3.63) is 69.7 Å². The second kappa shape index (κ2) is 11.3. The van der Waals surface area contributed by atoms with Crippen LogP contribution in [0.4, 0.5) is 5.69 Å². The molecule has 0 saturated carbocycles. The predicted molar refractivity (Wildman–Crippen MR) is 142 cm³/mol. The number of nitrogens with one attached hydrogen (secondary N) is 1. The Morgan fingerprint density at radius 1 is 1.00 bits per heavy atom. The van der Waals surface area contributed by atoms with E-state index in [-0.39, 0.29) is 5.91 Å². The Balaban J connectivity index is 1.23. The summed E-state index contributed by atoms with van der Waals surface area (Å²) in [4.78, 5) is 17.6. The van der Waals surface area contributed by atoms with Gasteiger partial charge in [-0.2, -0.15) is 0 Å². The van der Waals surface area contributed by atoms with Crippen LogP contribution in [0, 0.1) is 6.92 Å². The summed E-state index contributed by atoms with van der Waals surface area (Å²) in [6.07, 6.45) is 1.97. The van der Waals surface area contributed by atoms with Crippen LogP contribution < -0.4 is 15.0 Å². The van der Waals surface area contributed by atoms with E-state index < -0.39 is 0 Å². The van der Waals surface area contributed by atoms with Crippen molar-refractivity contribution in [2.24, 2.45) is 0 Å². The van der Waals surface area contributed by atoms with Gasteiger partial charge >= 0.3 is 0 Å². The zero-order chi connectivity index (χ0) is 24.1. The molecule has 1 aliphatic rings. The van der Waals surface area contributed by atoms with Gasteiger partial charge in [-0.25, -0.2) is 0 Å². The van der Waals surface area contributed by atoms with E-state index >= 15 is 0 Å². The number of nitrogens with zero attached hydrogens (tertiary/aromatic N) is 2. The van der Waals surface area contributed by atoms with E-state index in [1.165, 1.54) is 0 Å². The van der Waals surface area contributed by atoms with Crippen LogP contribution in [-0.2, 0) is 0 Å². The van der Waals surface area contributed by atoms with Crippen molar-refractivity contribution in [1.82, 2.24) is 10.2 Å². The van der Waals surface area contributed by atoms with Crippen LogP contribution >= 0.6 is 23.2 Å². The van der Waals surface area contributed by atoms with Gasteiger partial charge in [0.15, 0.2) is 0 Å². The van der Waals surface area contributed by atoms with Gasteiger partial charge in [-0.15, -0.1) is 0 Å². The van der Waals surface area contributed by atoms with Crippen molar-refractivity contribution in [3.8, 4) is 5.75 Å². The van der Waals surface area contributed by atoms with Gasteiger partial charge < -0.3 is 15.0 Å². The molecule has 0 atom stereocenters. The Morgan fingerprint density at radius 2 is 1.74 bits per heavy atom. The molecular formula is C27H31Cl2N3O2. The molecule has 1 fully saturated rings. The molecule has 0 radical (unpaired) electrons. The fourth-order valence-corrected chi connectivity index (χ4v) is 5.04. The van der Waals surface area contributed by atoms with E-state index in [2.05, 4.69) is 21.2 Å². The number of carbonyl (C=O) groups excluding carboxylic acids is 1. The van der Waals surface area contributed by atoms with Crippen LogP contribution in [0.5, 0.6) is 5.75 Å². The molecule has 3 aromatic carbocycles. The number of hydrogen-bond donors (Lipinski definition) is 1. The molecule has 0 aliphatic carbocycles. The summed E-state index contributed by atoms with van der Waals surface area (Å²) in [6, 6.07) is 15.7. The number of carbonyl (C=O) groups is 1. The summed E-state index contributed by atoms with van der Waals surface area (Å²) >= 11 is 12.5. The normalized spacial score (nSPS) is 14.4. The van der Waals surface area contributed by atoms with Gasteiger partial charge in [-0.05, 0) is 55.5 Å². The molecular weight excluding hydrogens is 469 g/mol. The Bertz CT molecular complexity index is 1160. The molecule has 4 rings (SSSR count). The number of ether oxygens (including phenoxy) is 1. The van der Waals surface area contributed by atoms with Gasteiger partial charge in [0.2, 0.25) is 0 Å². The minimum Gasteiger partial charge on any atom is -0.495 e. The highest BCUT2D eigenvalue weighted by atomic mass is 35.5. The Kier molecular flexibility index (Phi) is 8.19. The monoisotopic (exact) mass is 499 g/mol. The summed E-state index contributed by atoms with van der Waals surface area (Å²) in [5.41, 5.74) is 2.67. The number of methoxy groups -OCH3 is 1. The van der Waals surface area contributed by atoms with Crippen LogP contribution in [0.15, 0.2) is 48.5 Å². The molecule has 1 aliphatic heterocycles. The van der Waals surface area contributed by atoms with Gasteiger partial charge in [-0.3, -0.25) is 9.69 Å². The van der Waals surface area contributed by atoms with Crippen LogP contribution in [0.1, 0.15) is 28.8 Å². The Morgan fingerprint density at radius 3 is 2.47 bits per heavy atom. The highest BCUT2D eigenvalue weighted by Gasteiger charge is 2.20. The second-order valence-electron chi connectivity index (χ2n) is 8.68. The van der Waals surface area contributed by atoms with E-state index in [0.717, 1.165) is 67.6 Å². The van der Waals surface area contributed by atoms with Crippen molar-refractivity contribution in [2.45, 2.75) is 19.8 Å². The number of hydrogen-bond acceptors (Lipinski definition) is 4. The first kappa shape index (κ1) is 24.6. The Labute approximate surface area is 211 Å². The minimum absolute atomic E-state index is 0.0854. The average Bonchev–Trinajstić information content (AvgIpc) is 2.86. The van der Waals surface area contributed by atoms with Gasteiger partial charge in [0.1, 0.15) is 5.75 Å². The number of rotatable bonds is 8. The van der Waals surface area contributed by atoms with Crippen LogP contribution in [0.25, 0.3) is 10.8 Å². The molecule has 0 aromatic heterocycles. The van der Waals surface area contributed by atoms with Crippen molar-refractivity contribution in [3.63, 3.8) is 0 Å². The molecule has 34 heavy (non-hydrogen) atoms. The molecule has 1 amide bonds. The summed E-state index contributed by atoms with van der Waals surface area (Å²) in [5, 5.41) is 6.37. The summed E-state index contributed by atoms with van der Waals surface area (Å²) in [5.74, 6) is 0.550. The quantitative estimate of drug-likeness (QED) is 0.398. The fraction of sp³-hybridized carbons (Fsp3) is 0.370. The van der Waals surface area contributed by atoms with Crippen LogP contribution in [0.3, 0.4) is 0 Å². The molecule has 0 bridgehead atoms. The summed E-state index contributed by atoms with van der Waals surface area (Å²) < 4.78 is 5.61. The third-order valence-corrected chi connectivity index (χ3v) is 7.29. The molecule has 0 spiro atoms. The molecule has 1 heterocycles. The first-order chi connectivity index (χ1) is 16.5. The van der Waals surface area contributed by atoms with Crippen molar-refractivity contribution in [2.75, 3.05) is 51.3 Å². The van der Waals surface area contributed by atoms with Crippen LogP contribution in [-0.4, -0.2) is 57.2 Å². The fourth-order valence-electron chi connectivity index (χ4n) is 4.63. The first-order valence-corrected chi connectivity index (χ1v) is 12.5. The summed E-state index contributed by atoms with van der Waals surface area (Å²) in [6.45, 7) is 7.53. The van der Waals surface area contributed by atoms with Crippen molar-refractivity contribution in [1.29, 1.82) is 0 Å². The van der Waals surface area contributed by atoms with Gasteiger partial charge in [0.25, 0.3) is 5.91 Å². The zero-order valence-corrected chi connectivity index (χ0v) is 21.3. The molecule has 180 valence electrons. The predicted octanol–water partition coefficient (Wildman–Crippen LogP) is 5.80. The standard InChI is InChI=1S/C27H31Cl2N3O2/c1-19-18-22(26(34-2)21-9-4-3-8-20(19)21)27(33)30-12-5-6-13-31-14-16-32(17-15-31)24-11-7-10-23(28)25(24)29/h3-4,7-11,18H,5-6,12-17H2,1-2H3,(H,30,33). The topological polar surface area (TPSA) is 44.8 Å². The van der Waals surface area contributed by atoms with Crippen molar-refractivity contribution >= 4 is 45.6 Å². The van der Waals surface area contributed by atoms with E-state index in [4.69, 9.17) is 27.9 Å². The molecule has 3 aromatic rings. The van der Waals surface area contributed by atoms with E-state index in [9.17, 15) is 4.79 Å². The zero-order valence-electron chi connectivity index (χ0n) is 19.7. The number of aryl methyl sites for hydroxylation is 1. The highest BCUT2D eigenvalue weighted by Crippen LogP contribution is 2.33. The number of piperazine rings is 1. The van der Waals surface area contributed by atoms with Gasteiger partial charge in [0, 0.05) is 38.1 Å². The number of fused-ring (bicyclic) bond motifs is 1. The maximum atomic E-state index is 12.9. The van der Waals surface area contributed by atoms with E-state index in [0.29, 0.717) is 27.9 Å². The smallest absolute Gasteiger partial charge is 0.255 e. The third-order valence-electron chi connectivity index (χ3n) is 6.48. The number of benzene rings is 3. The number of unbranched alkanes of at least 4 members (excludes halogenated alkanes) is 1. The number of amides is 1. The molecule has 1 N–H and O–H groups in total. The first-order valence-electron chi connectivity index (χ1n) is 11.8. The number of halogens is 2. The largest absolute Gasteiger partial charge is 0.495 e. The maximum Gasteiger partial charge on any atom is 0.255 e. The molecule has 7 heteroatoms. The maximum absolute atomic E-state index is 12.9. The van der Waals surface area contributed by atoms with Crippen molar-refractivity contribution < 1.29 is 9.53 Å². The lowest BCUT2D eigenvalue weighted by atomic mass is 10.00. The molecule has 1 saturated heterocycles. The minimum atomic E-state index is -0.0854. The lowest BCUT2D eigenvalue weighted by Crippen LogP contribution is -2.46. The van der Waals surface area contributed by atoms with Gasteiger partial charge in [-0.1, -0.05) is 53.5 Å². The third kappa shape index (κ3) is 5.43. The number of anilines is 1. The SMILES string of the molecule is COc1c(C(=O)NCCCCN2CCN(c3cccc(Cl)c3Cl)CC2)cc(C)c2ccccc12. The van der Waals surface area contributed by atoms with E-state index in [1.807, 2.05) is 49.4 Å². The Hall–Kier alpha value is -2.47. The van der Waals surface area contributed by atoms with Crippen LogP contribution in [0.2, 0.25) is 10.0 Å². The lowest BCUT2D eigenvalue weighted by molar-refractivity contribution is 0.0949. The van der Waals surface area contributed by atoms with Gasteiger partial charge in [0.05, 0.1) is 28.4 Å². The summed E-state index contributed by atoms with van der Waals surface area (Å²) in [7, 11) is 1.62. The molecule has 0 unspecified atom stereocenters.